The molecule has 1 N–H and O–H groups in total. The van der Waals surface area contributed by atoms with Gasteiger partial charge in [-0.05, 0) is 44.6 Å². The van der Waals surface area contributed by atoms with E-state index in [0.717, 1.165) is 49.9 Å². The van der Waals surface area contributed by atoms with E-state index >= 15 is 0 Å². The summed E-state index contributed by atoms with van der Waals surface area (Å²) in [4.78, 5) is 12.3. The lowest BCUT2D eigenvalue weighted by molar-refractivity contribution is -0.118. The number of rotatable bonds is 8. The van der Waals surface area contributed by atoms with E-state index in [2.05, 4.69) is 31.2 Å². The van der Waals surface area contributed by atoms with Crippen LogP contribution < -0.4 is 5.32 Å². The van der Waals surface area contributed by atoms with Crippen LogP contribution in [0.1, 0.15) is 64.1 Å². The average Bonchev–Trinajstić information content (AvgIpc) is 2.84. The molecule has 2 heterocycles. The van der Waals surface area contributed by atoms with Crippen LogP contribution in [0.25, 0.3) is 6.08 Å². The molecule has 5 nitrogen and oxygen atoms in total. The van der Waals surface area contributed by atoms with E-state index < -0.39 is 0 Å². The molecular formula is C20H32ClN3O2. The van der Waals surface area contributed by atoms with Crippen molar-refractivity contribution < 1.29 is 9.53 Å². The number of aryl methyl sites for hydroxylation is 2. The summed E-state index contributed by atoms with van der Waals surface area (Å²) in [6.07, 6.45) is 8.48. The molecule has 146 valence electrons. The summed E-state index contributed by atoms with van der Waals surface area (Å²) in [5.41, 5.74) is 1.67. The van der Waals surface area contributed by atoms with Crippen LogP contribution in [-0.4, -0.2) is 34.4 Å². The van der Waals surface area contributed by atoms with Gasteiger partial charge in [0.05, 0.1) is 11.8 Å². The Labute approximate surface area is 162 Å². The fourth-order valence-electron chi connectivity index (χ4n) is 3.32. The predicted molar refractivity (Wildman–Crippen MR) is 106 cm³/mol. The van der Waals surface area contributed by atoms with Gasteiger partial charge in [-0.15, -0.1) is 0 Å². The molecule has 2 unspecified atom stereocenters. The van der Waals surface area contributed by atoms with Crippen molar-refractivity contribution in [3.8, 4) is 0 Å². The van der Waals surface area contributed by atoms with Gasteiger partial charge in [0.2, 0.25) is 5.91 Å². The molecule has 26 heavy (non-hydrogen) atoms. The zero-order valence-electron chi connectivity index (χ0n) is 16.4. The van der Waals surface area contributed by atoms with Gasteiger partial charge in [-0.2, -0.15) is 5.10 Å². The standard InChI is InChI=1S/C20H32ClN3O2/c1-5-6-10-24-20(21)18(15(4)23-24)7-8-19(25)22-16-9-11-26-17(13-16)12-14(2)3/h7-8,14,16-17H,5-6,9-13H2,1-4H3,(H,22,25)/b8-7+. The van der Waals surface area contributed by atoms with Crippen molar-refractivity contribution in [2.75, 3.05) is 6.61 Å². The van der Waals surface area contributed by atoms with E-state index in [9.17, 15) is 4.79 Å². The number of ether oxygens (including phenoxy) is 1. The molecule has 0 radical (unpaired) electrons. The maximum absolute atomic E-state index is 12.3. The molecule has 0 bridgehead atoms. The van der Waals surface area contributed by atoms with E-state index in [0.29, 0.717) is 17.7 Å². The van der Waals surface area contributed by atoms with Crippen LogP contribution in [0.3, 0.4) is 0 Å². The Morgan fingerprint density at radius 3 is 2.96 bits per heavy atom. The first-order valence-corrected chi connectivity index (χ1v) is 10.1. The highest BCUT2D eigenvalue weighted by atomic mass is 35.5. The summed E-state index contributed by atoms with van der Waals surface area (Å²) in [5.74, 6) is 0.515. The van der Waals surface area contributed by atoms with Gasteiger partial charge in [0.1, 0.15) is 5.15 Å². The van der Waals surface area contributed by atoms with Crippen LogP contribution in [0.15, 0.2) is 6.08 Å². The number of carbonyl (C=O) groups excluding carboxylic acids is 1. The number of carbonyl (C=O) groups is 1. The minimum Gasteiger partial charge on any atom is -0.378 e. The van der Waals surface area contributed by atoms with E-state index in [4.69, 9.17) is 16.3 Å². The third-order valence-electron chi connectivity index (χ3n) is 4.68. The van der Waals surface area contributed by atoms with Crippen molar-refractivity contribution in [3.63, 3.8) is 0 Å². The van der Waals surface area contributed by atoms with Crippen molar-refractivity contribution in [2.24, 2.45) is 5.92 Å². The first-order valence-electron chi connectivity index (χ1n) is 9.73. The Morgan fingerprint density at radius 2 is 2.27 bits per heavy atom. The first kappa shape index (κ1) is 21.0. The largest absolute Gasteiger partial charge is 0.378 e. The molecule has 0 aromatic carbocycles. The second kappa shape index (κ2) is 10.1. The molecule has 2 atom stereocenters. The average molecular weight is 382 g/mol. The Kier molecular flexibility index (Phi) is 8.16. The zero-order chi connectivity index (χ0) is 19.1. The molecule has 0 saturated carbocycles. The van der Waals surface area contributed by atoms with Gasteiger partial charge in [-0.3, -0.25) is 9.48 Å². The summed E-state index contributed by atoms with van der Waals surface area (Å²) in [7, 11) is 0. The van der Waals surface area contributed by atoms with Crippen LogP contribution in [0.2, 0.25) is 5.15 Å². The highest BCUT2D eigenvalue weighted by Crippen LogP contribution is 2.22. The van der Waals surface area contributed by atoms with Crippen LogP contribution in [0.4, 0.5) is 0 Å². The molecule has 1 aliphatic heterocycles. The number of amides is 1. The Hall–Kier alpha value is -1.33. The van der Waals surface area contributed by atoms with Crippen LogP contribution in [0, 0.1) is 12.8 Å². The molecule has 1 saturated heterocycles. The third-order valence-corrected chi connectivity index (χ3v) is 5.08. The number of nitrogens with one attached hydrogen (secondary N) is 1. The minimum atomic E-state index is -0.0861. The predicted octanol–water partition coefficient (Wildman–Crippen LogP) is 4.37. The van der Waals surface area contributed by atoms with Gasteiger partial charge in [-0.1, -0.05) is 38.8 Å². The van der Waals surface area contributed by atoms with Crippen molar-refractivity contribution in [1.82, 2.24) is 15.1 Å². The molecule has 1 aliphatic rings. The quantitative estimate of drug-likeness (QED) is 0.680. The molecule has 1 amide bonds. The molecule has 1 aromatic rings. The lowest BCUT2D eigenvalue weighted by atomic mass is 9.96. The maximum atomic E-state index is 12.3. The molecule has 0 spiro atoms. The van der Waals surface area contributed by atoms with Gasteiger partial charge < -0.3 is 10.1 Å². The van der Waals surface area contributed by atoms with Crippen LogP contribution in [0.5, 0.6) is 0 Å². The van der Waals surface area contributed by atoms with E-state index in [1.807, 2.05) is 11.6 Å². The first-order chi connectivity index (χ1) is 12.4. The fraction of sp³-hybridized carbons (Fsp3) is 0.700. The number of nitrogens with zero attached hydrogens (tertiary/aromatic N) is 2. The third kappa shape index (κ3) is 6.13. The summed E-state index contributed by atoms with van der Waals surface area (Å²) >= 11 is 6.41. The van der Waals surface area contributed by atoms with Crippen molar-refractivity contribution in [1.29, 1.82) is 0 Å². The lowest BCUT2D eigenvalue weighted by Gasteiger charge is -2.30. The van der Waals surface area contributed by atoms with E-state index in [1.165, 1.54) is 0 Å². The maximum Gasteiger partial charge on any atom is 0.244 e. The van der Waals surface area contributed by atoms with Crippen LogP contribution >= 0.6 is 11.6 Å². The van der Waals surface area contributed by atoms with Gasteiger partial charge in [0, 0.05) is 30.8 Å². The Morgan fingerprint density at radius 1 is 1.50 bits per heavy atom. The number of hydrogen-bond donors (Lipinski definition) is 1. The number of halogens is 1. The molecular weight excluding hydrogens is 350 g/mol. The zero-order valence-corrected chi connectivity index (χ0v) is 17.2. The number of unbranched alkanes of at least 4 members (excludes halogenated alkanes) is 1. The summed E-state index contributed by atoms with van der Waals surface area (Å²) in [6.45, 7) is 9.96. The minimum absolute atomic E-state index is 0.0861. The Bertz CT molecular complexity index is 625. The highest BCUT2D eigenvalue weighted by molar-refractivity contribution is 6.31. The van der Waals surface area contributed by atoms with Gasteiger partial charge in [-0.25, -0.2) is 0 Å². The van der Waals surface area contributed by atoms with Crippen LogP contribution in [-0.2, 0) is 16.1 Å². The second-order valence-corrected chi connectivity index (χ2v) is 7.91. The summed E-state index contributed by atoms with van der Waals surface area (Å²) in [5, 5.41) is 8.16. The van der Waals surface area contributed by atoms with Gasteiger partial charge in [0.25, 0.3) is 0 Å². The van der Waals surface area contributed by atoms with E-state index in [-0.39, 0.29) is 18.1 Å². The van der Waals surface area contributed by atoms with Crippen molar-refractivity contribution in [2.45, 2.75) is 78.5 Å². The molecule has 1 fully saturated rings. The summed E-state index contributed by atoms with van der Waals surface area (Å²) < 4.78 is 7.61. The number of hydrogen-bond acceptors (Lipinski definition) is 3. The number of aromatic nitrogens is 2. The van der Waals surface area contributed by atoms with Gasteiger partial charge >= 0.3 is 0 Å². The molecule has 0 aliphatic carbocycles. The smallest absolute Gasteiger partial charge is 0.244 e. The Balaban J connectivity index is 1.92. The lowest BCUT2D eigenvalue weighted by Crippen LogP contribution is -2.41. The molecule has 6 heteroatoms. The van der Waals surface area contributed by atoms with Crippen molar-refractivity contribution >= 4 is 23.6 Å². The highest BCUT2D eigenvalue weighted by Gasteiger charge is 2.24. The van der Waals surface area contributed by atoms with E-state index in [1.54, 1.807) is 12.2 Å². The fourth-order valence-corrected chi connectivity index (χ4v) is 3.64. The normalized spacial score (nSPS) is 20.8. The molecule has 1 aromatic heterocycles. The topological polar surface area (TPSA) is 56.2 Å². The SMILES string of the molecule is CCCCn1nc(C)c(/C=C/C(=O)NC2CCOC(CC(C)C)C2)c1Cl. The molecule has 2 rings (SSSR count). The van der Waals surface area contributed by atoms with Crippen molar-refractivity contribution in [3.05, 3.63) is 22.5 Å². The summed E-state index contributed by atoms with van der Waals surface area (Å²) in [6, 6.07) is 0.175. The second-order valence-electron chi connectivity index (χ2n) is 7.55. The van der Waals surface area contributed by atoms with Gasteiger partial charge in [0.15, 0.2) is 0 Å². The monoisotopic (exact) mass is 381 g/mol.